The average Bonchev–Trinajstić information content (AvgIpc) is 2.87. The summed E-state index contributed by atoms with van der Waals surface area (Å²) in [5.74, 6) is 0.528. The summed E-state index contributed by atoms with van der Waals surface area (Å²) < 4.78 is 0. The molecule has 0 bridgehead atoms. The number of carbonyl (C=O) groups is 1. The lowest BCUT2D eigenvalue weighted by atomic mass is 10.2. The fourth-order valence-electron chi connectivity index (χ4n) is 2.79. The first-order chi connectivity index (χ1) is 11.7. The lowest BCUT2D eigenvalue weighted by molar-refractivity contribution is 0.262. The highest BCUT2D eigenvalue weighted by molar-refractivity contribution is 6.30. The zero-order valence-electron chi connectivity index (χ0n) is 13.5. The van der Waals surface area contributed by atoms with Crippen molar-refractivity contribution in [2.45, 2.75) is 25.7 Å². The number of rotatable bonds is 3. The van der Waals surface area contributed by atoms with E-state index in [1.807, 2.05) is 18.3 Å². The summed E-state index contributed by atoms with van der Waals surface area (Å²) in [7, 11) is 0. The molecule has 5 nitrogen and oxygen atoms in total. The van der Waals surface area contributed by atoms with Gasteiger partial charge in [-0.15, -0.1) is 0 Å². The van der Waals surface area contributed by atoms with Crippen LogP contribution >= 0.6 is 11.6 Å². The summed E-state index contributed by atoms with van der Waals surface area (Å²) in [6, 6.07) is 10.5. The Hall–Kier alpha value is -2.27. The van der Waals surface area contributed by atoms with Crippen molar-refractivity contribution in [3.8, 4) is 0 Å². The molecule has 2 aromatic rings. The lowest BCUT2D eigenvalue weighted by Gasteiger charge is -2.22. The molecule has 2 heterocycles. The number of hydrogen-bond acceptors (Lipinski definition) is 3. The van der Waals surface area contributed by atoms with Gasteiger partial charge < -0.3 is 10.2 Å². The van der Waals surface area contributed by atoms with Crippen LogP contribution in [0.15, 0.2) is 42.6 Å². The molecule has 3 rings (SSSR count). The van der Waals surface area contributed by atoms with Crippen LogP contribution in [-0.2, 0) is 0 Å². The summed E-state index contributed by atoms with van der Waals surface area (Å²) in [4.78, 5) is 18.7. The average molecular weight is 345 g/mol. The van der Waals surface area contributed by atoms with Crippen molar-refractivity contribution in [1.29, 1.82) is 0 Å². The monoisotopic (exact) mass is 344 g/mol. The van der Waals surface area contributed by atoms with Crippen LogP contribution in [0.4, 0.5) is 22.0 Å². The Bertz CT molecular complexity index is 664. The molecule has 1 aliphatic rings. The van der Waals surface area contributed by atoms with Crippen molar-refractivity contribution < 1.29 is 4.79 Å². The van der Waals surface area contributed by atoms with Crippen molar-refractivity contribution in [2.75, 3.05) is 28.6 Å². The molecule has 0 aliphatic carbocycles. The zero-order valence-corrected chi connectivity index (χ0v) is 14.2. The Morgan fingerprint density at radius 2 is 1.67 bits per heavy atom. The van der Waals surface area contributed by atoms with Crippen LogP contribution in [0.2, 0.25) is 5.02 Å². The van der Waals surface area contributed by atoms with Gasteiger partial charge in [-0.2, -0.15) is 0 Å². The number of nitrogens with zero attached hydrogens (tertiary/aromatic N) is 2. The number of aromatic nitrogens is 1. The highest BCUT2D eigenvalue weighted by atomic mass is 35.5. The van der Waals surface area contributed by atoms with Crippen LogP contribution in [0.3, 0.4) is 0 Å². The predicted molar refractivity (Wildman–Crippen MR) is 99.0 cm³/mol. The van der Waals surface area contributed by atoms with Gasteiger partial charge in [0.15, 0.2) is 0 Å². The van der Waals surface area contributed by atoms with Crippen LogP contribution < -0.4 is 15.5 Å². The summed E-state index contributed by atoms with van der Waals surface area (Å²) in [6.45, 7) is 2.15. The Morgan fingerprint density at radius 3 is 2.29 bits per heavy atom. The number of hydrogen-bond donors (Lipinski definition) is 2. The number of carbonyl (C=O) groups excluding carboxylic acids is 1. The third-order valence-electron chi connectivity index (χ3n) is 4.06. The molecule has 126 valence electrons. The Morgan fingerprint density at radius 1 is 0.958 bits per heavy atom. The minimum atomic E-state index is -0.327. The van der Waals surface area contributed by atoms with Gasteiger partial charge in [-0.25, -0.2) is 9.78 Å². The van der Waals surface area contributed by atoms with E-state index in [9.17, 15) is 4.79 Å². The van der Waals surface area contributed by atoms with Crippen molar-refractivity contribution in [3.05, 3.63) is 47.6 Å². The molecular formula is C18H21ClN4O. The normalized spacial score (nSPS) is 14.8. The summed E-state index contributed by atoms with van der Waals surface area (Å²) in [5.41, 5.74) is 1.79. The molecule has 0 spiro atoms. The van der Waals surface area contributed by atoms with Gasteiger partial charge in [-0.3, -0.25) is 5.32 Å². The molecule has 6 heteroatoms. The number of benzene rings is 1. The second kappa shape index (κ2) is 8.02. The van der Waals surface area contributed by atoms with E-state index in [4.69, 9.17) is 11.6 Å². The largest absolute Gasteiger partial charge is 0.370 e. The van der Waals surface area contributed by atoms with Crippen molar-refractivity contribution in [2.24, 2.45) is 0 Å². The van der Waals surface area contributed by atoms with E-state index in [1.54, 1.807) is 24.3 Å². The molecule has 1 fully saturated rings. The van der Waals surface area contributed by atoms with Crippen molar-refractivity contribution in [3.63, 3.8) is 0 Å². The SMILES string of the molecule is O=C(Nc1ccc(Cl)cc1)Nc1ccc(N2CCCCCC2)cn1. The van der Waals surface area contributed by atoms with Gasteiger partial charge in [-0.1, -0.05) is 24.4 Å². The van der Waals surface area contributed by atoms with E-state index >= 15 is 0 Å². The molecule has 1 aromatic carbocycles. The number of pyridine rings is 1. The fourth-order valence-corrected chi connectivity index (χ4v) is 2.91. The van der Waals surface area contributed by atoms with Gasteiger partial charge in [0.05, 0.1) is 11.9 Å². The van der Waals surface area contributed by atoms with Crippen LogP contribution in [0.25, 0.3) is 0 Å². The number of halogens is 1. The lowest BCUT2D eigenvalue weighted by Crippen LogP contribution is -2.24. The van der Waals surface area contributed by atoms with E-state index in [-0.39, 0.29) is 6.03 Å². The van der Waals surface area contributed by atoms with E-state index in [0.29, 0.717) is 16.5 Å². The minimum absolute atomic E-state index is 0.327. The van der Waals surface area contributed by atoms with Crippen LogP contribution in [0.5, 0.6) is 0 Å². The molecule has 24 heavy (non-hydrogen) atoms. The molecule has 2 N–H and O–H groups in total. The van der Waals surface area contributed by atoms with Crippen LogP contribution in [-0.4, -0.2) is 24.1 Å². The summed E-state index contributed by atoms with van der Waals surface area (Å²) in [5, 5.41) is 6.11. The van der Waals surface area contributed by atoms with Gasteiger partial charge in [-0.05, 0) is 49.2 Å². The molecule has 1 aromatic heterocycles. The number of anilines is 3. The van der Waals surface area contributed by atoms with Gasteiger partial charge >= 0.3 is 6.03 Å². The smallest absolute Gasteiger partial charge is 0.324 e. The maximum absolute atomic E-state index is 12.0. The van der Waals surface area contributed by atoms with Crippen LogP contribution in [0, 0.1) is 0 Å². The topological polar surface area (TPSA) is 57.3 Å². The van der Waals surface area contributed by atoms with E-state index in [2.05, 4.69) is 20.5 Å². The second-order valence-electron chi connectivity index (χ2n) is 5.89. The second-order valence-corrected chi connectivity index (χ2v) is 6.33. The molecule has 0 saturated carbocycles. The quantitative estimate of drug-likeness (QED) is 0.844. The zero-order chi connectivity index (χ0) is 16.8. The molecule has 1 saturated heterocycles. The van der Waals surface area contributed by atoms with Crippen molar-refractivity contribution in [1.82, 2.24) is 4.98 Å². The Labute approximate surface area is 147 Å². The Kier molecular flexibility index (Phi) is 5.54. The van der Waals surface area contributed by atoms with Gasteiger partial charge in [0.2, 0.25) is 0 Å². The first-order valence-electron chi connectivity index (χ1n) is 8.25. The van der Waals surface area contributed by atoms with E-state index < -0.39 is 0 Å². The van der Waals surface area contributed by atoms with E-state index in [1.165, 1.54) is 25.7 Å². The first-order valence-corrected chi connectivity index (χ1v) is 8.63. The summed E-state index contributed by atoms with van der Waals surface area (Å²) >= 11 is 5.82. The maximum atomic E-state index is 12.0. The van der Waals surface area contributed by atoms with Crippen LogP contribution in [0.1, 0.15) is 25.7 Å². The fraction of sp³-hybridized carbons (Fsp3) is 0.333. The number of nitrogens with one attached hydrogen (secondary N) is 2. The standard InChI is InChI=1S/C18H21ClN4O/c19-14-5-7-15(8-6-14)21-18(24)22-17-10-9-16(13-20-17)23-11-3-1-2-4-12-23/h5-10,13H,1-4,11-12H2,(H2,20,21,22,24). The minimum Gasteiger partial charge on any atom is -0.370 e. The third kappa shape index (κ3) is 4.61. The number of urea groups is 1. The molecule has 0 radical (unpaired) electrons. The molecule has 0 unspecified atom stereocenters. The first kappa shape index (κ1) is 16.6. The van der Waals surface area contributed by atoms with E-state index in [0.717, 1.165) is 18.8 Å². The van der Waals surface area contributed by atoms with Gasteiger partial charge in [0.1, 0.15) is 5.82 Å². The van der Waals surface area contributed by atoms with Gasteiger partial charge in [0, 0.05) is 23.8 Å². The molecule has 1 aliphatic heterocycles. The highest BCUT2D eigenvalue weighted by Crippen LogP contribution is 2.20. The maximum Gasteiger partial charge on any atom is 0.324 e. The summed E-state index contributed by atoms with van der Waals surface area (Å²) in [6.07, 6.45) is 6.87. The van der Waals surface area contributed by atoms with Gasteiger partial charge in [0.25, 0.3) is 0 Å². The molecule has 2 amide bonds. The molecular weight excluding hydrogens is 324 g/mol. The molecule has 0 atom stereocenters. The highest BCUT2D eigenvalue weighted by Gasteiger charge is 2.10. The predicted octanol–water partition coefficient (Wildman–Crippen LogP) is 4.76. The number of amides is 2. The van der Waals surface area contributed by atoms with Crippen molar-refractivity contribution >= 4 is 34.8 Å². The Balaban J connectivity index is 1.57. The third-order valence-corrected chi connectivity index (χ3v) is 4.31.